The van der Waals surface area contributed by atoms with Crippen molar-refractivity contribution in [3.63, 3.8) is 0 Å². The van der Waals surface area contributed by atoms with Crippen LogP contribution in [0.5, 0.6) is 0 Å². The van der Waals surface area contributed by atoms with Gasteiger partial charge in [-0.25, -0.2) is 4.39 Å². The van der Waals surface area contributed by atoms with Crippen molar-refractivity contribution in [1.82, 2.24) is 4.98 Å². The highest BCUT2D eigenvalue weighted by molar-refractivity contribution is 7.14. The highest BCUT2D eigenvalue weighted by atomic mass is 32.1. The lowest BCUT2D eigenvalue weighted by Crippen LogP contribution is -2.18. The smallest absolute Gasteiger partial charge is 0.204 e. The van der Waals surface area contributed by atoms with Crippen LogP contribution in [0.2, 0.25) is 0 Å². The molecule has 0 radical (unpaired) electrons. The number of pyridine rings is 1. The highest BCUT2D eigenvalue weighted by Crippen LogP contribution is 2.36. The van der Waals surface area contributed by atoms with Crippen LogP contribution in [0.1, 0.15) is 49.1 Å². The number of nitrogens with zero attached hydrogens (tertiary/aromatic N) is 1. The Bertz CT molecular complexity index is 623. The zero-order valence-electron chi connectivity index (χ0n) is 9.44. The maximum atomic E-state index is 13.3. The number of aromatic nitrogens is 1. The lowest BCUT2D eigenvalue weighted by Gasteiger charge is -2.12. The monoisotopic (exact) mass is 261 g/mol. The molecule has 5 heteroatoms. The molecule has 1 aliphatic carbocycles. The second-order valence-electron chi connectivity index (χ2n) is 4.09. The van der Waals surface area contributed by atoms with Crippen LogP contribution in [0.25, 0.3) is 0 Å². The van der Waals surface area contributed by atoms with Crippen molar-refractivity contribution < 1.29 is 14.0 Å². The van der Waals surface area contributed by atoms with Crippen molar-refractivity contribution >= 4 is 22.9 Å². The van der Waals surface area contributed by atoms with Crippen LogP contribution >= 0.6 is 11.3 Å². The highest BCUT2D eigenvalue weighted by Gasteiger charge is 2.32. The number of alkyl halides is 1. The van der Waals surface area contributed by atoms with Gasteiger partial charge in [-0.15, -0.1) is 11.3 Å². The van der Waals surface area contributed by atoms with E-state index in [1.807, 2.05) is 0 Å². The topological polar surface area (TPSA) is 47.0 Å². The maximum absolute atomic E-state index is 13.3. The molecular formula is C13H8FNO2S. The fourth-order valence-corrected chi connectivity index (χ4v) is 3.02. The number of hydrogen-bond acceptors (Lipinski definition) is 4. The number of fused-ring (bicyclic) bond motifs is 2. The second-order valence-corrected chi connectivity index (χ2v) is 5.17. The van der Waals surface area contributed by atoms with Crippen LogP contribution in [0, 0.1) is 0 Å². The van der Waals surface area contributed by atoms with Crippen LogP contribution in [0.3, 0.4) is 0 Å². The average molecular weight is 261 g/mol. The van der Waals surface area contributed by atoms with Gasteiger partial charge in [-0.3, -0.25) is 14.6 Å². The second kappa shape index (κ2) is 3.81. The Hall–Kier alpha value is -1.88. The summed E-state index contributed by atoms with van der Waals surface area (Å²) < 4.78 is 13.3. The normalized spacial score (nSPS) is 15.2. The van der Waals surface area contributed by atoms with Crippen molar-refractivity contribution in [3.05, 3.63) is 51.0 Å². The number of halogens is 1. The molecule has 0 bridgehead atoms. The first-order chi connectivity index (χ1) is 8.59. The van der Waals surface area contributed by atoms with Gasteiger partial charge in [0.2, 0.25) is 5.78 Å². The van der Waals surface area contributed by atoms with Gasteiger partial charge in [-0.2, -0.15) is 0 Å². The standard InChI is InChI=1S/C13H8FNO2S/c1-6(14)10-4-8-11(16)9-5-15-3-2-7(9)12(17)13(8)18-10/h2-6H,1H3. The molecule has 0 saturated heterocycles. The zero-order chi connectivity index (χ0) is 12.9. The first-order valence-corrected chi connectivity index (χ1v) is 6.22. The number of rotatable bonds is 1. The summed E-state index contributed by atoms with van der Waals surface area (Å²) in [5, 5.41) is 0. The Kier molecular flexibility index (Phi) is 2.38. The number of carbonyl (C=O) groups excluding carboxylic acids is 2. The predicted molar refractivity (Wildman–Crippen MR) is 64.9 cm³/mol. The maximum Gasteiger partial charge on any atom is 0.204 e. The molecule has 2 aromatic heterocycles. The summed E-state index contributed by atoms with van der Waals surface area (Å²) in [5.74, 6) is -0.477. The molecule has 2 heterocycles. The Morgan fingerprint density at radius 2 is 2.00 bits per heavy atom. The molecule has 0 aliphatic heterocycles. The Balaban J connectivity index is 2.24. The third-order valence-electron chi connectivity index (χ3n) is 2.90. The van der Waals surface area contributed by atoms with Crippen LogP contribution in [0.4, 0.5) is 4.39 Å². The average Bonchev–Trinajstić information content (AvgIpc) is 2.81. The quantitative estimate of drug-likeness (QED) is 0.676. The van der Waals surface area contributed by atoms with Gasteiger partial charge in [0.25, 0.3) is 0 Å². The van der Waals surface area contributed by atoms with Crippen molar-refractivity contribution in [2.45, 2.75) is 13.1 Å². The molecule has 0 aromatic carbocycles. The summed E-state index contributed by atoms with van der Waals surface area (Å²) in [4.78, 5) is 29.0. The van der Waals surface area contributed by atoms with Gasteiger partial charge in [0.15, 0.2) is 5.78 Å². The number of hydrogen-bond donors (Lipinski definition) is 0. The molecular weight excluding hydrogens is 253 g/mol. The lowest BCUT2D eigenvalue weighted by molar-refractivity contribution is 0.0982. The SMILES string of the molecule is CC(F)c1cc2c(s1)C(=O)c1ccncc1C2=O. The minimum Gasteiger partial charge on any atom is -0.288 e. The Morgan fingerprint density at radius 3 is 2.72 bits per heavy atom. The molecule has 3 nitrogen and oxygen atoms in total. The fourth-order valence-electron chi connectivity index (χ4n) is 1.98. The van der Waals surface area contributed by atoms with Gasteiger partial charge >= 0.3 is 0 Å². The summed E-state index contributed by atoms with van der Waals surface area (Å²) in [7, 11) is 0. The predicted octanol–water partition coefficient (Wildman–Crippen LogP) is 2.95. The van der Waals surface area contributed by atoms with Crippen molar-refractivity contribution in [1.29, 1.82) is 0 Å². The van der Waals surface area contributed by atoms with E-state index in [1.54, 1.807) is 0 Å². The minimum atomic E-state index is -1.18. The molecule has 0 fully saturated rings. The van der Waals surface area contributed by atoms with E-state index in [2.05, 4.69) is 4.98 Å². The fraction of sp³-hybridized carbons (Fsp3) is 0.154. The molecule has 1 aliphatic rings. The Labute approximate surface area is 106 Å². The van der Waals surface area contributed by atoms with E-state index in [0.717, 1.165) is 11.3 Å². The molecule has 1 unspecified atom stereocenters. The summed E-state index contributed by atoms with van der Waals surface area (Å²) >= 11 is 1.05. The van der Waals surface area contributed by atoms with E-state index in [1.165, 1.54) is 31.5 Å². The van der Waals surface area contributed by atoms with E-state index in [-0.39, 0.29) is 11.6 Å². The van der Waals surface area contributed by atoms with Gasteiger partial charge in [-0.1, -0.05) is 0 Å². The third kappa shape index (κ3) is 1.44. The summed E-state index contributed by atoms with van der Waals surface area (Å²) in [5.41, 5.74) is 0.943. The van der Waals surface area contributed by atoms with Gasteiger partial charge in [0, 0.05) is 28.4 Å². The van der Waals surface area contributed by atoms with E-state index < -0.39 is 6.17 Å². The van der Waals surface area contributed by atoms with Gasteiger partial charge in [0.1, 0.15) is 6.17 Å². The van der Waals surface area contributed by atoms with Crippen LogP contribution in [0.15, 0.2) is 24.5 Å². The zero-order valence-corrected chi connectivity index (χ0v) is 10.3. The van der Waals surface area contributed by atoms with E-state index in [4.69, 9.17) is 0 Å². The van der Waals surface area contributed by atoms with Gasteiger partial charge < -0.3 is 0 Å². The molecule has 0 amide bonds. The van der Waals surface area contributed by atoms with E-state index in [9.17, 15) is 14.0 Å². The van der Waals surface area contributed by atoms with Crippen molar-refractivity contribution in [2.24, 2.45) is 0 Å². The largest absolute Gasteiger partial charge is 0.288 e. The van der Waals surface area contributed by atoms with Crippen LogP contribution in [-0.4, -0.2) is 16.6 Å². The number of ketones is 2. The summed E-state index contributed by atoms with van der Waals surface area (Å²) in [6, 6.07) is 3.00. The molecule has 0 spiro atoms. The van der Waals surface area contributed by atoms with Gasteiger partial charge in [-0.05, 0) is 19.1 Å². The molecule has 0 saturated carbocycles. The summed E-state index contributed by atoms with van der Waals surface area (Å²) in [6.45, 7) is 1.39. The summed E-state index contributed by atoms with van der Waals surface area (Å²) in [6.07, 6.45) is 1.68. The molecule has 18 heavy (non-hydrogen) atoms. The van der Waals surface area contributed by atoms with E-state index in [0.29, 0.717) is 26.4 Å². The minimum absolute atomic E-state index is 0.223. The first-order valence-electron chi connectivity index (χ1n) is 5.41. The number of thiophene rings is 1. The van der Waals surface area contributed by atoms with Crippen LogP contribution in [-0.2, 0) is 0 Å². The molecule has 0 N–H and O–H groups in total. The third-order valence-corrected chi connectivity index (χ3v) is 4.19. The van der Waals surface area contributed by atoms with E-state index >= 15 is 0 Å². The first kappa shape index (κ1) is 11.2. The molecule has 2 aromatic rings. The van der Waals surface area contributed by atoms with Crippen LogP contribution < -0.4 is 0 Å². The Morgan fingerprint density at radius 1 is 1.22 bits per heavy atom. The molecule has 1 atom stereocenters. The number of carbonyl (C=O) groups is 2. The van der Waals surface area contributed by atoms with Gasteiger partial charge in [0.05, 0.1) is 10.4 Å². The lowest BCUT2D eigenvalue weighted by atomic mass is 9.90. The van der Waals surface area contributed by atoms with Crippen molar-refractivity contribution in [3.8, 4) is 0 Å². The van der Waals surface area contributed by atoms with Crippen molar-refractivity contribution in [2.75, 3.05) is 0 Å². The molecule has 3 rings (SSSR count). The molecule has 90 valence electrons.